The Balaban J connectivity index is 2.34. The third-order valence-electron chi connectivity index (χ3n) is 3.45. The summed E-state index contributed by atoms with van der Waals surface area (Å²) in [5.74, 6) is -0.871. The van der Waals surface area contributed by atoms with Crippen molar-refractivity contribution in [2.45, 2.75) is 13.8 Å². The lowest BCUT2D eigenvalue weighted by molar-refractivity contribution is 0.0736. The van der Waals surface area contributed by atoms with E-state index in [1.54, 1.807) is 13.8 Å². The molecule has 0 aromatic heterocycles. The van der Waals surface area contributed by atoms with E-state index in [-0.39, 0.29) is 39.9 Å². The summed E-state index contributed by atoms with van der Waals surface area (Å²) < 4.78 is 10.9. The molecule has 1 aliphatic heterocycles. The van der Waals surface area contributed by atoms with Gasteiger partial charge in [0.15, 0.2) is 23.5 Å². The van der Waals surface area contributed by atoms with Crippen LogP contribution < -0.4 is 9.47 Å². The van der Waals surface area contributed by atoms with E-state index in [1.165, 1.54) is 18.2 Å². The molecule has 0 bridgehead atoms. The number of aryl methyl sites for hydroxylation is 2. The maximum atomic E-state index is 12.3. The van der Waals surface area contributed by atoms with Gasteiger partial charge in [-0.2, -0.15) is 0 Å². The van der Waals surface area contributed by atoms with E-state index in [4.69, 9.17) is 9.47 Å². The van der Waals surface area contributed by atoms with Gasteiger partial charge in [0.25, 0.3) is 0 Å². The van der Waals surface area contributed by atoms with E-state index in [0.717, 1.165) is 0 Å². The van der Waals surface area contributed by atoms with Crippen LogP contribution in [0.4, 0.5) is 0 Å². The van der Waals surface area contributed by atoms with Gasteiger partial charge in [-0.25, -0.2) is 4.79 Å². The Hall–Kier alpha value is -3.02. The van der Waals surface area contributed by atoms with Crippen molar-refractivity contribution in [2.24, 2.45) is 0 Å². The maximum Gasteiger partial charge on any atom is 0.347 e. The summed E-state index contributed by atoms with van der Waals surface area (Å²) in [4.78, 5) is 23.6. The highest BCUT2D eigenvalue weighted by Gasteiger charge is 2.30. The fraction of sp³-hybridized carbons (Fsp3) is 0.125. The molecule has 0 amide bonds. The van der Waals surface area contributed by atoms with Crippen LogP contribution in [0.5, 0.6) is 28.7 Å². The number of aromatic hydroxyl groups is 2. The molecule has 0 spiro atoms. The molecule has 0 atom stereocenters. The van der Waals surface area contributed by atoms with Crippen LogP contribution in [0.1, 0.15) is 31.8 Å². The molecule has 0 radical (unpaired) electrons. The molecule has 0 fully saturated rings. The number of carbonyl (C=O) groups is 2. The standard InChI is InChI=1S/C16H12O6/c1-7-4-11(19)10(6-17)15-13(7)16(20)21-12-5-9(18)3-8(2)14(12)22-15/h3-6,18-19H,1-2H3. The number of esters is 1. The van der Waals surface area contributed by atoms with E-state index < -0.39 is 5.97 Å². The number of rotatable bonds is 1. The second-order valence-corrected chi connectivity index (χ2v) is 5.03. The number of benzene rings is 2. The van der Waals surface area contributed by atoms with E-state index in [1.807, 2.05) is 0 Å². The highest BCUT2D eigenvalue weighted by molar-refractivity contribution is 6.01. The van der Waals surface area contributed by atoms with Gasteiger partial charge < -0.3 is 19.7 Å². The van der Waals surface area contributed by atoms with Gasteiger partial charge in [-0.3, -0.25) is 4.79 Å². The fourth-order valence-electron chi connectivity index (χ4n) is 2.44. The largest absolute Gasteiger partial charge is 0.508 e. The van der Waals surface area contributed by atoms with Crippen LogP contribution in [0.2, 0.25) is 0 Å². The number of phenols is 2. The number of ether oxygens (including phenoxy) is 2. The summed E-state index contributed by atoms with van der Waals surface area (Å²) >= 11 is 0. The molecule has 1 aliphatic rings. The van der Waals surface area contributed by atoms with E-state index in [2.05, 4.69) is 0 Å². The first-order valence-electron chi connectivity index (χ1n) is 6.47. The van der Waals surface area contributed by atoms with Crippen molar-refractivity contribution in [3.8, 4) is 28.7 Å². The summed E-state index contributed by atoms with van der Waals surface area (Å²) in [6.45, 7) is 3.26. The van der Waals surface area contributed by atoms with Gasteiger partial charge in [0.1, 0.15) is 17.1 Å². The predicted molar refractivity (Wildman–Crippen MR) is 76.1 cm³/mol. The fourth-order valence-corrected chi connectivity index (χ4v) is 2.44. The van der Waals surface area contributed by atoms with Crippen LogP contribution in [0.3, 0.4) is 0 Å². The van der Waals surface area contributed by atoms with Crippen LogP contribution in [-0.2, 0) is 0 Å². The van der Waals surface area contributed by atoms with E-state index in [0.29, 0.717) is 17.4 Å². The molecule has 0 saturated heterocycles. The maximum absolute atomic E-state index is 12.3. The molecule has 112 valence electrons. The third-order valence-corrected chi connectivity index (χ3v) is 3.45. The predicted octanol–water partition coefficient (Wildman–Crippen LogP) is 2.85. The lowest BCUT2D eigenvalue weighted by Gasteiger charge is -2.13. The van der Waals surface area contributed by atoms with Crippen molar-refractivity contribution >= 4 is 12.3 Å². The lowest BCUT2D eigenvalue weighted by atomic mass is 10.0. The van der Waals surface area contributed by atoms with Crippen molar-refractivity contribution in [1.82, 2.24) is 0 Å². The van der Waals surface area contributed by atoms with Gasteiger partial charge >= 0.3 is 5.97 Å². The Morgan fingerprint density at radius 2 is 1.73 bits per heavy atom. The average Bonchev–Trinajstić information content (AvgIpc) is 2.55. The van der Waals surface area contributed by atoms with Crippen molar-refractivity contribution in [2.75, 3.05) is 0 Å². The van der Waals surface area contributed by atoms with Crippen molar-refractivity contribution < 1.29 is 29.3 Å². The van der Waals surface area contributed by atoms with Crippen molar-refractivity contribution in [3.05, 3.63) is 40.5 Å². The summed E-state index contributed by atoms with van der Waals surface area (Å²) in [6.07, 6.45) is 0.418. The normalized spacial score (nSPS) is 12.5. The highest BCUT2D eigenvalue weighted by Crippen LogP contribution is 2.45. The first-order chi connectivity index (χ1) is 10.4. The van der Waals surface area contributed by atoms with Crippen molar-refractivity contribution in [3.63, 3.8) is 0 Å². The lowest BCUT2D eigenvalue weighted by Crippen LogP contribution is -2.10. The molecule has 6 nitrogen and oxygen atoms in total. The van der Waals surface area contributed by atoms with Gasteiger partial charge in [-0.15, -0.1) is 0 Å². The molecule has 0 unspecified atom stereocenters. The molecule has 1 heterocycles. The van der Waals surface area contributed by atoms with Gasteiger partial charge in [-0.05, 0) is 37.1 Å². The number of hydrogen-bond donors (Lipinski definition) is 2. The molecule has 6 heteroatoms. The number of fused-ring (bicyclic) bond motifs is 2. The average molecular weight is 300 g/mol. The zero-order valence-electron chi connectivity index (χ0n) is 11.8. The minimum atomic E-state index is -0.723. The quantitative estimate of drug-likeness (QED) is 0.478. The van der Waals surface area contributed by atoms with Crippen LogP contribution in [0.15, 0.2) is 18.2 Å². The Labute approximate surface area is 125 Å². The van der Waals surface area contributed by atoms with Gasteiger partial charge in [-0.1, -0.05) is 0 Å². The van der Waals surface area contributed by atoms with E-state index >= 15 is 0 Å². The highest BCUT2D eigenvalue weighted by atomic mass is 16.6. The van der Waals surface area contributed by atoms with Gasteiger partial charge in [0, 0.05) is 6.07 Å². The second kappa shape index (κ2) is 4.77. The molecule has 22 heavy (non-hydrogen) atoms. The van der Waals surface area contributed by atoms with Gasteiger partial charge in [0.05, 0.1) is 5.56 Å². The minimum absolute atomic E-state index is 0.0504. The van der Waals surface area contributed by atoms with Crippen LogP contribution in [-0.4, -0.2) is 22.5 Å². The molecule has 0 saturated carbocycles. The number of phenolic OH excluding ortho intramolecular Hbond substituents is 2. The van der Waals surface area contributed by atoms with Crippen LogP contribution in [0, 0.1) is 13.8 Å². The third kappa shape index (κ3) is 1.96. The molecule has 2 aromatic carbocycles. The Morgan fingerprint density at radius 1 is 1.00 bits per heavy atom. The van der Waals surface area contributed by atoms with E-state index in [9.17, 15) is 19.8 Å². The number of aldehydes is 1. The summed E-state index contributed by atoms with van der Waals surface area (Å²) in [5.41, 5.74) is 0.874. The van der Waals surface area contributed by atoms with Crippen LogP contribution in [0.25, 0.3) is 0 Å². The second-order valence-electron chi connectivity index (χ2n) is 5.03. The zero-order valence-corrected chi connectivity index (χ0v) is 11.8. The molecule has 3 rings (SSSR count). The zero-order chi connectivity index (χ0) is 16.0. The topological polar surface area (TPSA) is 93.1 Å². The first kappa shape index (κ1) is 13.9. The smallest absolute Gasteiger partial charge is 0.347 e. The first-order valence-corrected chi connectivity index (χ1v) is 6.47. The number of carbonyl (C=O) groups excluding carboxylic acids is 2. The summed E-state index contributed by atoms with van der Waals surface area (Å²) in [7, 11) is 0. The molecular weight excluding hydrogens is 288 g/mol. The van der Waals surface area contributed by atoms with Crippen LogP contribution >= 0.6 is 0 Å². The molecule has 0 aliphatic carbocycles. The monoisotopic (exact) mass is 300 g/mol. The van der Waals surface area contributed by atoms with Crippen molar-refractivity contribution in [1.29, 1.82) is 0 Å². The molecule has 2 N–H and O–H groups in total. The summed E-state index contributed by atoms with van der Waals surface area (Å²) in [6, 6.07) is 3.99. The SMILES string of the molecule is Cc1cc(O)cc2c1Oc1c(C=O)c(O)cc(C)c1C(=O)O2. The van der Waals surface area contributed by atoms with Gasteiger partial charge in [0.2, 0.25) is 0 Å². The Kier molecular flexibility index (Phi) is 3.02. The minimum Gasteiger partial charge on any atom is -0.508 e. The molecular formula is C16H12O6. The Morgan fingerprint density at radius 3 is 2.41 bits per heavy atom. The molecule has 2 aromatic rings. The summed E-state index contributed by atoms with van der Waals surface area (Å²) in [5, 5.41) is 19.5. The Bertz CT molecular complexity index is 822. The number of hydrogen-bond acceptors (Lipinski definition) is 6.